The van der Waals surface area contributed by atoms with Gasteiger partial charge in [-0.1, -0.05) is 12.1 Å². The average molecular weight is 203 g/mol. The minimum absolute atomic E-state index is 0.198. The summed E-state index contributed by atoms with van der Waals surface area (Å²) < 4.78 is 0. The van der Waals surface area contributed by atoms with Gasteiger partial charge in [0.1, 0.15) is 12.0 Å². The number of rotatable bonds is 1. The van der Waals surface area contributed by atoms with Crippen LogP contribution >= 0.6 is 0 Å². The summed E-state index contributed by atoms with van der Waals surface area (Å²) >= 11 is 0. The fourth-order valence-corrected chi connectivity index (χ4v) is 1.19. The predicted molar refractivity (Wildman–Crippen MR) is 54.5 cm³/mol. The van der Waals surface area contributed by atoms with Crippen LogP contribution in [0.3, 0.4) is 0 Å². The van der Waals surface area contributed by atoms with Crippen LogP contribution in [0, 0.1) is 0 Å². The number of hydrogen-bond acceptors (Lipinski definition) is 3. The monoisotopic (exact) mass is 203 g/mol. The minimum atomic E-state index is -0.287. The Morgan fingerprint density at radius 2 is 2.00 bits per heavy atom. The number of amides is 1. The van der Waals surface area contributed by atoms with Gasteiger partial charge in [-0.05, 0) is 29.8 Å². The smallest absolute Gasteiger partial charge is 0.284 e. The van der Waals surface area contributed by atoms with Gasteiger partial charge in [-0.25, -0.2) is 0 Å². The highest BCUT2D eigenvalue weighted by Gasteiger charge is 2.09. The molecule has 4 heteroatoms. The molecule has 2 rings (SSSR count). The van der Waals surface area contributed by atoms with E-state index in [1.165, 1.54) is 6.26 Å². The average Bonchev–Trinajstić information content (AvgIpc) is 2.25. The molecule has 0 radical (unpaired) electrons. The number of benzene rings is 1. The van der Waals surface area contributed by atoms with Gasteiger partial charge >= 0.3 is 0 Å². The third kappa shape index (κ3) is 2.17. The van der Waals surface area contributed by atoms with Crippen molar-refractivity contribution >= 4 is 12.0 Å². The lowest BCUT2D eigenvalue weighted by molar-refractivity contribution is -0.126. The second-order valence-corrected chi connectivity index (χ2v) is 3.04. The quantitative estimate of drug-likeness (QED) is 0.677. The molecule has 0 fully saturated rings. The molecular formula is C11H9NO3. The summed E-state index contributed by atoms with van der Waals surface area (Å²) in [5, 5.41) is 9.08. The van der Waals surface area contributed by atoms with Gasteiger partial charge in [-0.15, -0.1) is 0 Å². The highest BCUT2D eigenvalue weighted by molar-refractivity contribution is 6.00. The Kier molecular flexibility index (Phi) is 2.41. The van der Waals surface area contributed by atoms with Gasteiger partial charge in [0.2, 0.25) is 0 Å². The first kappa shape index (κ1) is 9.33. The van der Waals surface area contributed by atoms with Crippen LogP contribution in [0.2, 0.25) is 0 Å². The zero-order valence-electron chi connectivity index (χ0n) is 7.81. The van der Waals surface area contributed by atoms with E-state index in [0.717, 1.165) is 5.56 Å². The Balaban J connectivity index is 2.29. The van der Waals surface area contributed by atoms with Crippen LogP contribution < -0.4 is 5.48 Å². The predicted octanol–water partition coefficient (Wildman–Crippen LogP) is 1.35. The van der Waals surface area contributed by atoms with Gasteiger partial charge in [0.05, 0.1) is 0 Å². The van der Waals surface area contributed by atoms with E-state index in [-0.39, 0.29) is 11.7 Å². The maximum absolute atomic E-state index is 11.3. The van der Waals surface area contributed by atoms with Gasteiger partial charge in [-0.2, -0.15) is 5.48 Å². The van der Waals surface area contributed by atoms with Crippen molar-refractivity contribution in [2.75, 3.05) is 0 Å². The minimum Gasteiger partial charge on any atom is -0.508 e. The first-order chi connectivity index (χ1) is 7.25. The number of aromatic hydroxyl groups is 1. The molecule has 1 heterocycles. The van der Waals surface area contributed by atoms with Gasteiger partial charge in [0.25, 0.3) is 5.91 Å². The first-order valence-electron chi connectivity index (χ1n) is 4.39. The Bertz CT molecular complexity index is 432. The standard InChI is InChI=1S/C11H9NO3/c13-10-3-1-8(2-4-10)7-9-5-6-15-12-11(9)14/h1-7,13H,(H,12,14)/b9-7-. The molecule has 1 aliphatic heterocycles. The molecule has 0 aromatic heterocycles. The molecule has 1 aliphatic rings. The highest BCUT2D eigenvalue weighted by atomic mass is 16.6. The van der Waals surface area contributed by atoms with E-state index in [9.17, 15) is 4.79 Å². The lowest BCUT2D eigenvalue weighted by Gasteiger charge is -2.08. The fourth-order valence-electron chi connectivity index (χ4n) is 1.19. The summed E-state index contributed by atoms with van der Waals surface area (Å²) in [5.74, 6) is -0.0882. The molecule has 2 N–H and O–H groups in total. The molecule has 0 spiro atoms. The number of carbonyl (C=O) groups is 1. The van der Waals surface area contributed by atoms with Crippen molar-refractivity contribution in [2.45, 2.75) is 0 Å². The van der Waals surface area contributed by atoms with Crippen molar-refractivity contribution in [3.63, 3.8) is 0 Å². The van der Waals surface area contributed by atoms with Gasteiger partial charge < -0.3 is 9.94 Å². The van der Waals surface area contributed by atoms with Crippen molar-refractivity contribution in [3.05, 3.63) is 47.7 Å². The molecule has 1 aromatic carbocycles. The summed E-state index contributed by atoms with van der Waals surface area (Å²) in [6, 6.07) is 6.57. The molecular weight excluding hydrogens is 194 g/mol. The van der Waals surface area contributed by atoms with Crippen molar-refractivity contribution < 1.29 is 14.7 Å². The zero-order chi connectivity index (χ0) is 10.7. The molecule has 1 amide bonds. The molecule has 15 heavy (non-hydrogen) atoms. The van der Waals surface area contributed by atoms with Crippen molar-refractivity contribution in [3.8, 4) is 5.75 Å². The van der Waals surface area contributed by atoms with Gasteiger partial charge in [0, 0.05) is 5.57 Å². The Morgan fingerprint density at radius 1 is 1.27 bits per heavy atom. The molecule has 0 saturated carbocycles. The number of phenolic OH excluding ortho intramolecular Hbond substituents is 1. The van der Waals surface area contributed by atoms with E-state index in [1.807, 2.05) is 0 Å². The summed E-state index contributed by atoms with van der Waals surface area (Å²) in [6.07, 6.45) is 4.67. The van der Waals surface area contributed by atoms with E-state index in [2.05, 4.69) is 10.3 Å². The number of phenols is 1. The maximum atomic E-state index is 11.3. The molecule has 0 saturated heterocycles. The van der Waals surface area contributed by atoms with Crippen LogP contribution in [0.5, 0.6) is 5.75 Å². The van der Waals surface area contributed by atoms with E-state index in [1.54, 1.807) is 36.4 Å². The van der Waals surface area contributed by atoms with Crippen LogP contribution in [0.25, 0.3) is 6.08 Å². The third-order valence-corrected chi connectivity index (χ3v) is 1.94. The van der Waals surface area contributed by atoms with E-state index in [4.69, 9.17) is 5.11 Å². The Hall–Kier alpha value is -2.23. The van der Waals surface area contributed by atoms with Crippen LogP contribution in [0.15, 0.2) is 42.2 Å². The van der Waals surface area contributed by atoms with Gasteiger partial charge in [-0.3, -0.25) is 4.79 Å². The number of nitrogens with one attached hydrogen (secondary N) is 1. The van der Waals surface area contributed by atoms with Crippen LogP contribution in [-0.2, 0) is 9.63 Å². The molecule has 76 valence electrons. The number of hydroxylamine groups is 1. The highest BCUT2D eigenvalue weighted by Crippen LogP contribution is 2.14. The second-order valence-electron chi connectivity index (χ2n) is 3.04. The summed E-state index contributed by atoms with van der Waals surface area (Å²) in [6.45, 7) is 0. The van der Waals surface area contributed by atoms with Gasteiger partial charge in [0.15, 0.2) is 0 Å². The van der Waals surface area contributed by atoms with Crippen LogP contribution in [0.1, 0.15) is 5.56 Å². The number of hydrogen-bond donors (Lipinski definition) is 2. The van der Waals surface area contributed by atoms with Crippen molar-refractivity contribution in [1.29, 1.82) is 0 Å². The summed E-state index contributed by atoms with van der Waals surface area (Å²) in [5.41, 5.74) is 3.56. The molecule has 0 bridgehead atoms. The topological polar surface area (TPSA) is 58.6 Å². The molecule has 4 nitrogen and oxygen atoms in total. The zero-order valence-corrected chi connectivity index (χ0v) is 7.81. The Morgan fingerprint density at radius 3 is 2.67 bits per heavy atom. The largest absolute Gasteiger partial charge is 0.508 e. The third-order valence-electron chi connectivity index (χ3n) is 1.94. The molecule has 0 unspecified atom stereocenters. The van der Waals surface area contributed by atoms with Crippen molar-refractivity contribution in [2.24, 2.45) is 0 Å². The van der Waals surface area contributed by atoms with Crippen molar-refractivity contribution in [1.82, 2.24) is 5.48 Å². The normalized spacial score (nSPS) is 17.3. The molecule has 0 aliphatic carbocycles. The van der Waals surface area contributed by atoms with Crippen LogP contribution in [0.4, 0.5) is 0 Å². The maximum Gasteiger partial charge on any atom is 0.284 e. The lowest BCUT2D eigenvalue weighted by atomic mass is 10.1. The first-order valence-corrected chi connectivity index (χ1v) is 4.39. The number of carbonyl (C=O) groups excluding carboxylic acids is 1. The molecule has 1 aromatic rings. The molecule has 0 atom stereocenters. The van der Waals surface area contributed by atoms with E-state index >= 15 is 0 Å². The van der Waals surface area contributed by atoms with E-state index in [0.29, 0.717) is 5.57 Å². The van der Waals surface area contributed by atoms with Crippen LogP contribution in [-0.4, -0.2) is 11.0 Å². The van der Waals surface area contributed by atoms with E-state index < -0.39 is 0 Å². The second kappa shape index (κ2) is 3.88. The SMILES string of the molecule is O=C1NOC=C/C1=C/c1ccc(O)cc1. The summed E-state index contributed by atoms with van der Waals surface area (Å²) in [4.78, 5) is 15.9. The Labute approximate surface area is 86.4 Å². The summed E-state index contributed by atoms with van der Waals surface area (Å²) in [7, 11) is 0. The fraction of sp³-hybridized carbons (Fsp3) is 0. The lowest BCUT2D eigenvalue weighted by Crippen LogP contribution is -2.25.